The molecule has 21 heavy (non-hydrogen) atoms. The summed E-state index contributed by atoms with van der Waals surface area (Å²) < 4.78 is 5.07. The zero-order valence-corrected chi connectivity index (χ0v) is 11.7. The first-order valence-corrected chi connectivity index (χ1v) is 7.09. The fourth-order valence-corrected chi connectivity index (χ4v) is 2.20. The third kappa shape index (κ3) is 3.83. The van der Waals surface area contributed by atoms with Gasteiger partial charge in [0.2, 0.25) is 5.91 Å². The van der Waals surface area contributed by atoms with Crippen LogP contribution in [0.15, 0.2) is 54.6 Å². The Morgan fingerprint density at radius 2 is 1.57 bits per heavy atom. The van der Waals surface area contributed by atoms with Gasteiger partial charge >= 0.3 is 0 Å². The van der Waals surface area contributed by atoms with Crippen molar-refractivity contribution in [3.05, 3.63) is 54.6 Å². The SMILES string of the molecule is O=C(CC1COC1)Nc1ccc(Nc2ccccc2)cc1. The monoisotopic (exact) mass is 282 g/mol. The second-order valence-corrected chi connectivity index (χ2v) is 5.22. The van der Waals surface area contributed by atoms with Crippen LogP contribution >= 0.6 is 0 Å². The number of benzene rings is 2. The molecule has 4 heteroatoms. The number of carbonyl (C=O) groups is 1. The first-order valence-electron chi connectivity index (χ1n) is 7.09. The number of para-hydroxylation sites is 1. The van der Waals surface area contributed by atoms with Gasteiger partial charge in [0, 0.05) is 29.4 Å². The lowest BCUT2D eigenvalue weighted by molar-refractivity contribution is -0.121. The van der Waals surface area contributed by atoms with Crippen LogP contribution in [0.25, 0.3) is 0 Å². The molecule has 4 nitrogen and oxygen atoms in total. The number of hydrogen-bond acceptors (Lipinski definition) is 3. The number of rotatable bonds is 5. The van der Waals surface area contributed by atoms with Crippen molar-refractivity contribution in [2.75, 3.05) is 23.8 Å². The summed E-state index contributed by atoms with van der Waals surface area (Å²) >= 11 is 0. The smallest absolute Gasteiger partial charge is 0.224 e. The van der Waals surface area contributed by atoms with Crippen molar-refractivity contribution in [2.24, 2.45) is 5.92 Å². The predicted molar refractivity (Wildman–Crippen MR) is 83.7 cm³/mol. The van der Waals surface area contributed by atoms with E-state index in [1.165, 1.54) is 0 Å². The molecule has 0 unspecified atom stereocenters. The molecule has 0 bridgehead atoms. The molecule has 0 aromatic heterocycles. The maximum absolute atomic E-state index is 11.8. The highest BCUT2D eigenvalue weighted by molar-refractivity contribution is 5.91. The van der Waals surface area contributed by atoms with E-state index >= 15 is 0 Å². The second kappa shape index (κ2) is 6.41. The van der Waals surface area contributed by atoms with Gasteiger partial charge in [-0.15, -0.1) is 0 Å². The number of ether oxygens (including phenoxy) is 1. The fourth-order valence-electron chi connectivity index (χ4n) is 2.20. The van der Waals surface area contributed by atoms with Crippen molar-refractivity contribution >= 4 is 23.0 Å². The summed E-state index contributed by atoms with van der Waals surface area (Å²) in [7, 11) is 0. The van der Waals surface area contributed by atoms with E-state index in [4.69, 9.17) is 4.74 Å². The average molecular weight is 282 g/mol. The van der Waals surface area contributed by atoms with Crippen molar-refractivity contribution in [1.29, 1.82) is 0 Å². The van der Waals surface area contributed by atoms with Gasteiger partial charge in [0.1, 0.15) is 0 Å². The molecule has 1 saturated heterocycles. The molecule has 0 spiro atoms. The quantitative estimate of drug-likeness (QED) is 0.883. The topological polar surface area (TPSA) is 50.4 Å². The molecule has 108 valence electrons. The van der Waals surface area contributed by atoms with E-state index in [1.54, 1.807) is 0 Å². The van der Waals surface area contributed by atoms with Crippen molar-refractivity contribution in [3.63, 3.8) is 0 Å². The number of anilines is 3. The maximum Gasteiger partial charge on any atom is 0.224 e. The van der Waals surface area contributed by atoms with Crippen molar-refractivity contribution in [1.82, 2.24) is 0 Å². The van der Waals surface area contributed by atoms with Gasteiger partial charge in [0.25, 0.3) is 0 Å². The number of carbonyl (C=O) groups excluding carboxylic acids is 1. The van der Waals surface area contributed by atoms with Crippen LogP contribution in [-0.4, -0.2) is 19.1 Å². The third-order valence-electron chi connectivity index (χ3n) is 3.41. The highest BCUT2D eigenvalue weighted by Crippen LogP contribution is 2.20. The molecular weight excluding hydrogens is 264 g/mol. The predicted octanol–water partition coefficient (Wildman–Crippen LogP) is 3.41. The molecule has 1 fully saturated rings. The van der Waals surface area contributed by atoms with E-state index in [0.717, 1.165) is 17.1 Å². The van der Waals surface area contributed by atoms with Crippen LogP contribution in [0.2, 0.25) is 0 Å². The van der Waals surface area contributed by atoms with Crippen molar-refractivity contribution < 1.29 is 9.53 Å². The van der Waals surface area contributed by atoms with Crippen LogP contribution in [0.1, 0.15) is 6.42 Å². The average Bonchev–Trinajstić information content (AvgIpc) is 2.46. The molecule has 2 aromatic carbocycles. The van der Waals surface area contributed by atoms with E-state index in [-0.39, 0.29) is 5.91 Å². The minimum absolute atomic E-state index is 0.0482. The lowest BCUT2D eigenvalue weighted by atomic mass is 10.0. The summed E-state index contributed by atoms with van der Waals surface area (Å²) in [5.74, 6) is 0.427. The fraction of sp³-hybridized carbons (Fsp3) is 0.235. The van der Waals surface area contributed by atoms with Crippen LogP contribution in [0, 0.1) is 5.92 Å². The van der Waals surface area contributed by atoms with Crippen LogP contribution in [-0.2, 0) is 9.53 Å². The van der Waals surface area contributed by atoms with Gasteiger partial charge in [-0.05, 0) is 36.4 Å². The Balaban J connectivity index is 1.55. The maximum atomic E-state index is 11.8. The Kier molecular flexibility index (Phi) is 4.17. The van der Waals surface area contributed by atoms with Gasteiger partial charge < -0.3 is 15.4 Å². The van der Waals surface area contributed by atoms with Crippen LogP contribution in [0.5, 0.6) is 0 Å². The van der Waals surface area contributed by atoms with E-state index in [9.17, 15) is 4.79 Å². The van der Waals surface area contributed by atoms with E-state index in [1.807, 2.05) is 54.6 Å². The molecule has 0 radical (unpaired) electrons. The van der Waals surface area contributed by atoms with Gasteiger partial charge in [0.05, 0.1) is 13.2 Å². The summed E-state index contributed by atoms with van der Waals surface area (Å²) in [6.45, 7) is 1.40. The molecule has 0 aliphatic carbocycles. The highest BCUT2D eigenvalue weighted by Gasteiger charge is 2.21. The Bertz CT molecular complexity index is 592. The van der Waals surface area contributed by atoms with Crippen molar-refractivity contribution in [2.45, 2.75) is 6.42 Å². The van der Waals surface area contributed by atoms with Crippen LogP contribution < -0.4 is 10.6 Å². The Hall–Kier alpha value is -2.33. The summed E-state index contributed by atoms with van der Waals surface area (Å²) in [5, 5.41) is 6.22. The molecule has 1 heterocycles. The Morgan fingerprint density at radius 3 is 2.19 bits per heavy atom. The molecule has 2 N–H and O–H groups in total. The molecule has 3 rings (SSSR count). The van der Waals surface area contributed by atoms with Crippen molar-refractivity contribution in [3.8, 4) is 0 Å². The standard InChI is InChI=1S/C17H18N2O2/c20-17(10-13-11-21-12-13)19-16-8-6-15(7-9-16)18-14-4-2-1-3-5-14/h1-9,13,18H,10-12H2,(H,19,20). The number of hydrogen-bond donors (Lipinski definition) is 2. The molecule has 0 atom stereocenters. The normalized spacial score (nSPS) is 14.3. The van der Waals surface area contributed by atoms with Gasteiger partial charge in [0.15, 0.2) is 0 Å². The molecular formula is C17H18N2O2. The molecule has 1 amide bonds. The zero-order chi connectivity index (χ0) is 14.5. The molecule has 2 aromatic rings. The lowest BCUT2D eigenvalue weighted by Gasteiger charge is -2.25. The lowest BCUT2D eigenvalue weighted by Crippen LogP contribution is -2.31. The summed E-state index contributed by atoms with van der Waals surface area (Å²) in [5.41, 5.74) is 2.85. The molecule has 1 aliphatic heterocycles. The summed E-state index contributed by atoms with van der Waals surface area (Å²) in [4.78, 5) is 11.8. The molecule has 0 saturated carbocycles. The molecule has 1 aliphatic rings. The Morgan fingerprint density at radius 1 is 0.952 bits per heavy atom. The van der Waals surface area contributed by atoms with Crippen LogP contribution in [0.3, 0.4) is 0 Å². The highest BCUT2D eigenvalue weighted by atomic mass is 16.5. The first kappa shape index (κ1) is 13.6. The van der Waals surface area contributed by atoms with Gasteiger partial charge in [-0.1, -0.05) is 18.2 Å². The largest absolute Gasteiger partial charge is 0.381 e. The number of nitrogens with one attached hydrogen (secondary N) is 2. The third-order valence-corrected chi connectivity index (χ3v) is 3.41. The minimum Gasteiger partial charge on any atom is -0.381 e. The minimum atomic E-state index is 0.0482. The van der Waals surface area contributed by atoms with Gasteiger partial charge in [-0.25, -0.2) is 0 Å². The second-order valence-electron chi connectivity index (χ2n) is 5.22. The van der Waals surface area contributed by atoms with Gasteiger partial charge in [-0.2, -0.15) is 0 Å². The van der Waals surface area contributed by atoms with Crippen LogP contribution in [0.4, 0.5) is 17.1 Å². The summed E-state index contributed by atoms with van der Waals surface area (Å²) in [6.07, 6.45) is 0.532. The first-order chi connectivity index (χ1) is 10.3. The van der Waals surface area contributed by atoms with Gasteiger partial charge in [-0.3, -0.25) is 4.79 Å². The zero-order valence-electron chi connectivity index (χ0n) is 11.7. The van der Waals surface area contributed by atoms with E-state index < -0.39 is 0 Å². The summed E-state index contributed by atoms with van der Waals surface area (Å²) in [6, 6.07) is 17.7. The number of amides is 1. The Labute approximate surface area is 124 Å². The van der Waals surface area contributed by atoms with E-state index in [0.29, 0.717) is 25.6 Å². The van der Waals surface area contributed by atoms with E-state index in [2.05, 4.69) is 10.6 Å².